The molecule has 92 valence electrons. The normalized spacial score (nSPS) is 10.1. The second kappa shape index (κ2) is 5.05. The van der Waals surface area contributed by atoms with E-state index >= 15 is 0 Å². The van der Waals surface area contributed by atoms with Gasteiger partial charge in [0.2, 0.25) is 0 Å². The molecule has 0 bridgehead atoms. The molecule has 2 rings (SSSR count). The van der Waals surface area contributed by atoms with Crippen LogP contribution in [0.4, 0.5) is 5.69 Å². The zero-order valence-corrected chi connectivity index (χ0v) is 10.7. The predicted molar refractivity (Wildman–Crippen MR) is 69.8 cm³/mol. The van der Waals surface area contributed by atoms with Crippen molar-refractivity contribution in [2.24, 2.45) is 0 Å². The Morgan fingerprint density at radius 3 is 2.67 bits per heavy atom. The van der Waals surface area contributed by atoms with E-state index < -0.39 is 5.97 Å². The number of aromatic carboxylic acids is 1. The average Bonchev–Trinajstić information content (AvgIpc) is 2.81. The first-order valence-electron chi connectivity index (χ1n) is 5.05. The van der Waals surface area contributed by atoms with Crippen molar-refractivity contribution in [3.63, 3.8) is 0 Å². The first-order valence-corrected chi connectivity index (χ1v) is 5.84. The van der Waals surface area contributed by atoms with Crippen LogP contribution in [0.15, 0.2) is 41.0 Å². The molecule has 1 aromatic heterocycles. The number of rotatable bonds is 3. The van der Waals surface area contributed by atoms with Gasteiger partial charge >= 0.3 is 5.97 Å². The van der Waals surface area contributed by atoms with Gasteiger partial charge in [-0.2, -0.15) is 0 Å². The second-order valence-corrected chi connectivity index (χ2v) is 4.49. The van der Waals surface area contributed by atoms with Gasteiger partial charge < -0.3 is 15.4 Å². The molecule has 3 N–H and O–H groups in total. The van der Waals surface area contributed by atoms with Crippen LogP contribution in [-0.4, -0.2) is 22.0 Å². The molecule has 1 amide bonds. The minimum absolute atomic E-state index is 0.103. The highest BCUT2D eigenvalue weighted by Crippen LogP contribution is 2.20. The molecule has 0 saturated heterocycles. The molecule has 1 heterocycles. The fraction of sp³-hybridized carbons (Fsp3) is 0. The Morgan fingerprint density at radius 2 is 2.06 bits per heavy atom. The zero-order chi connectivity index (χ0) is 13.1. The monoisotopic (exact) mass is 308 g/mol. The van der Waals surface area contributed by atoms with Gasteiger partial charge in [-0.15, -0.1) is 0 Å². The Bertz CT molecular complexity index is 593. The lowest BCUT2D eigenvalue weighted by atomic mass is 10.2. The number of anilines is 1. The molecule has 0 fully saturated rings. The van der Waals surface area contributed by atoms with Crippen LogP contribution in [0.25, 0.3) is 0 Å². The van der Waals surface area contributed by atoms with E-state index in [2.05, 4.69) is 26.2 Å². The lowest BCUT2D eigenvalue weighted by molar-refractivity contribution is 0.0696. The molecule has 0 radical (unpaired) electrons. The highest BCUT2D eigenvalue weighted by Gasteiger charge is 2.10. The van der Waals surface area contributed by atoms with Crippen molar-refractivity contribution < 1.29 is 14.7 Å². The number of carbonyl (C=O) groups excluding carboxylic acids is 1. The molecular formula is C12H9BrN2O3. The van der Waals surface area contributed by atoms with E-state index in [1.54, 1.807) is 24.4 Å². The molecule has 0 aliphatic heterocycles. The van der Waals surface area contributed by atoms with E-state index in [-0.39, 0.29) is 11.5 Å². The number of amides is 1. The third-order valence-electron chi connectivity index (χ3n) is 2.25. The third-order valence-corrected chi connectivity index (χ3v) is 2.70. The summed E-state index contributed by atoms with van der Waals surface area (Å²) in [7, 11) is 0. The molecule has 0 atom stereocenters. The van der Waals surface area contributed by atoms with Crippen molar-refractivity contribution in [2.75, 3.05) is 5.32 Å². The predicted octanol–water partition coefficient (Wildman–Crippen LogP) is 2.73. The molecule has 0 unspecified atom stereocenters. The molecule has 0 spiro atoms. The number of benzene rings is 1. The Balaban J connectivity index is 2.24. The highest BCUT2D eigenvalue weighted by atomic mass is 79.9. The van der Waals surface area contributed by atoms with Crippen LogP contribution in [0.2, 0.25) is 0 Å². The minimum atomic E-state index is -1.05. The van der Waals surface area contributed by atoms with E-state index in [1.807, 2.05) is 0 Å². The number of aromatic nitrogens is 1. The number of aromatic amines is 1. The van der Waals surface area contributed by atoms with Gasteiger partial charge in [-0.3, -0.25) is 4.79 Å². The number of halogens is 1. The van der Waals surface area contributed by atoms with Crippen molar-refractivity contribution in [2.45, 2.75) is 0 Å². The lowest BCUT2D eigenvalue weighted by Crippen LogP contribution is -2.12. The maximum Gasteiger partial charge on any atom is 0.335 e. The summed E-state index contributed by atoms with van der Waals surface area (Å²) in [6.45, 7) is 0. The maximum atomic E-state index is 11.8. The van der Waals surface area contributed by atoms with Gasteiger partial charge in [0.1, 0.15) is 5.69 Å². The first kappa shape index (κ1) is 12.4. The van der Waals surface area contributed by atoms with E-state index in [4.69, 9.17) is 5.11 Å². The molecule has 2 aromatic rings. The van der Waals surface area contributed by atoms with Crippen LogP contribution in [-0.2, 0) is 0 Å². The van der Waals surface area contributed by atoms with E-state index in [0.29, 0.717) is 15.9 Å². The number of carbonyl (C=O) groups is 2. The Hall–Kier alpha value is -2.08. The van der Waals surface area contributed by atoms with E-state index in [9.17, 15) is 9.59 Å². The van der Waals surface area contributed by atoms with E-state index in [0.717, 1.165) is 0 Å². The Kier molecular flexibility index (Phi) is 3.47. The lowest BCUT2D eigenvalue weighted by Gasteiger charge is -2.06. The number of carboxylic acid groups (broad SMARTS) is 1. The van der Waals surface area contributed by atoms with Crippen molar-refractivity contribution in [1.82, 2.24) is 4.98 Å². The highest BCUT2D eigenvalue weighted by molar-refractivity contribution is 9.10. The van der Waals surface area contributed by atoms with Crippen LogP contribution < -0.4 is 5.32 Å². The van der Waals surface area contributed by atoms with Crippen molar-refractivity contribution >= 4 is 33.5 Å². The molecule has 1 aromatic carbocycles. The van der Waals surface area contributed by atoms with Crippen LogP contribution in [0, 0.1) is 0 Å². The van der Waals surface area contributed by atoms with E-state index in [1.165, 1.54) is 12.1 Å². The number of nitrogens with one attached hydrogen (secondary N) is 2. The molecule has 0 aliphatic rings. The van der Waals surface area contributed by atoms with Gasteiger partial charge in [0.25, 0.3) is 5.91 Å². The quantitative estimate of drug-likeness (QED) is 0.815. The standard InChI is InChI=1S/C12H9BrN2O3/c13-8-4-7(12(17)18)5-9(6-8)15-11(16)10-2-1-3-14-10/h1-6,14H,(H,15,16)(H,17,18). The largest absolute Gasteiger partial charge is 0.478 e. The topological polar surface area (TPSA) is 82.2 Å². The minimum Gasteiger partial charge on any atom is -0.478 e. The first-order chi connectivity index (χ1) is 8.56. The van der Waals surface area contributed by atoms with Crippen LogP contribution >= 0.6 is 15.9 Å². The van der Waals surface area contributed by atoms with Crippen LogP contribution in [0.1, 0.15) is 20.8 Å². The fourth-order valence-electron chi connectivity index (χ4n) is 1.46. The number of hydrogen-bond acceptors (Lipinski definition) is 2. The Labute approximate surface area is 111 Å². The third kappa shape index (κ3) is 2.78. The number of carboxylic acids is 1. The molecule has 0 aliphatic carbocycles. The fourth-order valence-corrected chi connectivity index (χ4v) is 1.95. The van der Waals surface area contributed by atoms with Gasteiger partial charge in [-0.1, -0.05) is 15.9 Å². The summed E-state index contributed by atoms with van der Waals surface area (Å²) >= 11 is 3.20. The summed E-state index contributed by atoms with van der Waals surface area (Å²) in [6, 6.07) is 7.83. The summed E-state index contributed by atoms with van der Waals surface area (Å²) in [5.41, 5.74) is 0.930. The van der Waals surface area contributed by atoms with Gasteiger partial charge in [0, 0.05) is 16.4 Å². The SMILES string of the molecule is O=C(O)c1cc(Br)cc(NC(=O)c2ccc[nH]2)c1. The molecule has 0 saturated carbocycles. The smallest absolute Gasteiger partial charge is 0.335 e. The average molecular weight is 309 g/mol. The van der Waals surface area contributed by atoms with Gasteiger partial charge in [0.15, 0.2) is 0 Å². The number of H-pyrrole nitrogens is 1. The zero-order valence-electron chi connectivity index (χ0n) is 9.11. The molecule has 6 heteroatoms. The summed E-state index contributed by atoms with van der Waals surface area (Å²) in [5, 5.41) is 11.5. The summed E-state index contributed by atoms with van der Waals surface area (Å²) in [4.78, 5) is 25.4. The second-order valence-electron chi connectivity index (χ2n) is 3.57. The van der Waals surface area contributed by atoms with Crippen molar-refractivity contribution in [1.29, 1.82) is 0 Å². The van der Waals surface area contributed by atoms with Gasteiger partial charge in [-0.05, 0) is 30.3 Å². The summed E-state index contributed by atoms with van der Waals surface area (Å²) in [5.74, 6) is -1.37. The van der Waals surface area contributed by atoms with Crippen LogP contribution in [0.3, 0.4) is 0 Å². The summed E-state index contributed by atoms with van der Waals surface area (Å²) < 4.78 is 0.587. The Morgan fingerprint density at radius 1 is 1.28 bits per heavy atom. The summed E-state index contributed by atoms with van der Waals surface area (Å²) in [6.07, 6.45) is 1.64. The molecular weight excluding hydrogens is 300 g/mol. The van der Waals surface area contributed by atoms with Crippen molar-refractivity contribution in [3.8, 4) is 0 Å². The van der Waals surface area contributed by atoms with Crippen LogP contribution in [0.5, 0.6) is 0 Å². The maximum absolute atomic E-state index is 11.8. The number of hydrogen-bond donors (Lipinski definition) is 3. The van der Waals surface area contributed by atoms with Crippen molar-refractivity contribution in [3.05, 3.63) is 52.3 Å². The van der Waals surface area contributed by atoms with Gasteiger partial charge in [0.05, 0.1) is 5.56 Å². The van der Waals surface area contributed by atoms with Gasteiger partial charge in [-0.25, -0.2) is 4.79 Å². The molecule has 18 heavy (non-hydrogen) atoms. The molecule has 5 nitrogen and oxygen atoms in total.